The number of amides is 1. The summed E-state index contributed by atoms with van der Waals surface area (Å²) in [7, 11) is 0. The van der Waals surface area contributed by atoms with E-state index in [1.165, 1.54) is 11.3 Å². The van der Waals surface area contributed by atoms with Gasteiger partial charge < -0.3 is 11.1 Å². The summed E-state index contributed by atoms with van der Waals surface area (Å²) in [5.41, 5.74) is 12.0. The Kier molecular flexibility index (Phi) is 5.69. The minimum Gasteiger partial charge on any atom is -0.316 e. The fraction of sp³-hybridized carbons (Fsp3) is 0.156. The lowest BCUT2D eigenvalue weighted by Crippen LogP contribution is -2.64. The second kappa shape index (κ2) is 9.29. The monoisotopic (exact) mass is 543 g/mol. The molecule has 1 unspecified atom stereocenters. The molecule has 1 amide bonds. The van der Waals surface area contributed by atoms with Gasteiger partial charge in [-0.2, -0.15) is 0 Å². The number of pyridine rings is 1. The van der Waals surface area contributed by atoms with E-state index in [1.54, 1.807) is 12.4 Å². The molecule has 0 radical (unpaired) electrons. The highest BCUT2D eigenvalue weighted by molar-refractivity contribution is 7.13. The van der Waals surface area contributed by atoms with Crippen LogP contribution in [0.1, 0.15) is 45.8 Å². The van der Waals surface area contributed by atoms with Crippen molar-refractivity contribution < 1.29 is 4.79 Å². The lowest BCUT2D eigenvalue weighted by Gasteiger charge is -2.53. The van der Waals surface area contributed by atoms with Crippen LogP contribution < -0.4 is 11.1 Å². The highest BCUT2D eigenvalue weighted by Gasteiger charge is 2.62. The van der Waals surface area contributed by atoms with Crippen molar-refractivity contribution >= 4 is 22.4 Å². The summed E-state index contributed by atoms with van der Waals surface area (Å²) in [5, 5.41) is 9.05. The molecule has 3 N–H and O–H groups in total. The van der Waals surface area contributed by atoms with Gasteiger partial charge in [0.15, 0.2) is 10.7 Å². The van der Waals surface area contributed by atoms with Gasteiger partial charge in [-0.05, 0) is 51.1 Å². The number of thiazole rings is 1. The van der Waals surface area contributed by atoms with Gasteiger partial charge in [-0.1, -0.05) is 78.0 Å². The molecule has 0 saturated carbocycles. The molecule has 3 aromatic carbocycles. The quantitative estimate of drug-likeness (QED) is 0.256. The minimum atomic E-state index is -1.37. The predicted molar refractivity (Wildman–Crippen MR) is 156 cm³/mol. The molecular weight excluding hydrogens is 518 g/mol. The first-order valence-electron chi connectivity index (χ1n) is 13.1. The molecule has 3 aliphatic rings. The molecule has 196 valence electrons. The zero-order valence-corrected chi connectivity index (χ0v) is 22.3. The molecule has 0 saturated heterocycles. The number of nitrogens with zero attached hydrogens (tertiary/aromatic N) is 3. The molecule has 40 heavy (non-hydrogen) atoms. The van der Waals surface area contributed by atoms with Crippen LogP contribution in [-0.4, -0.2) is 21.4 Å². The molecule has 2 aromatic heterocycles. The third-order valence-corrected chi connectivity index (χ3v) is 9.01. The molecule has 2 bridgehead atoms. The summed E-state index contributed by atoms with van der Waals surface area (Å²) in [6.07, 6.45) is 4.30. The summed E-state index contributed by atoms with van der Waals surface area (Å²) in [6.45, 7) is 0. The molecule has 0 spiro atoms. The molecule has 8 heteroatoms. The lowest BCUT2D eigenvalue weighted by atomic mass is 9.52. The van der Waals surface area contributed by atoms with Gasteiger partial charge in [-0.15, -0.1) is 16.2 Å². The maximum Gasteiger partial charge on any atom is 0.247 e. The predicted octanol–water partition coefficient (Wildman–Crippen LogP) is 5.99. The smallest absolute Gasteiger partial charge is 0.247 e. The largest absolute Gasteiger partial charge is 0.316 e. The van der Waals surface area contributed by atoms with Crippen molar-refractivity contribution in [1.82, 2.24) is 9.97 Å². The number of aromatic nitrogens is 2. The molecule has 1 atom stereocenters. The number of nitrogens with two attached hydrogens (primary N) is 1. The molecule has 0 fully saturated rings. The topological polar surface area (TPSA) is 110 Å². The number of nitrogens with one attached hydrogen (secondary N) is 1. The minimum absolute atomic E-state index is 0.0933. The maximum absolute atomic E-state index is 13.9. The van der Waals surface area contributed by atoms with Crippen molar-refractivity contribution in [2.45, 2.75) is 29.8 Å². The number of carbonyl (C=O) groups excluding carboxylic acids is 1. The third kappa shape index (κ3) is 3.71. The number of carbonyl (C=O) groups is 1. The highest BCUT2D eigenvalue weighted by Crippen LogP contribution is 2.60. The second-order valence-corrected chi connectivity index (χ2v) is 11.3. The molecular formula is C32H25N5O2S. The van der Waals surface area contributed by atoms with E-state index in [2.05, 4.69) is 44.7 Å². The van der Waals surface area contributed by atoms with Crippen molar-refractivity contribution in [3.63, 3.8) is 0 Å². The number of nitroso groups, excluding NO2 is 1. The summed E-state index contributed by atoms with van der Waals surface area (Å²) >= 11 is 1.37. The van der Waals surface area contributed by atoms with Crippen LogP contribution in [0.15, 0.2) is 108 Å². The zero-order valence-electron chi connectivity index (χ0n) is 21.5. The zero-order chi connectivity index (χ0) is 27.3. The molecule has 8 rings (SSSR count). The molecule has 3 aliphatic carbocycles. The van der Waals surface area contributed by atoms with Crippen LogP contribution in [0.3, 0.4) is 0 Å². The first kappa shape index (κ1) is 24.5. The van der Waals surface area contributed by atoms with Gasteiger partial charge in [0.2, 0.25) is 5.91 Å². The molecule has 2 heterocycles. The first-order valence-corrected chi connectivity index (χ1v) is 14.0. The highest BCUT2D eigenvalue weighted by atomic mass is 32.1. The van der Waals surface area contributed by atoms with Crippen LogP contribution in [0.4, 0.5) is 5.13 Å². The van der Waals surface area contributed by atoms with Crippen LogP contribution >= 0.6 is 11.3 Å². The fourth-order valence-electron chi connectivity index (χ4n) is 6.40. The van der Waals surface area contributed by atoms with Gasteiger partial charge in [-0.25, -0.2) is 4.98 Å². The standard InChI is InChI=1S/C32H25N5O2S/c33-31(19-32(37-39)26-7-3-1-5-24(26)28(31)25-6-2-4-8-27(25)32)29(38)36-30-35-23(18-40-30)17-20-9-11-21(12-10-20)22-13-15-34-16-14-22/h1-16,18,28H,17,19,33H2,(H,35,36,38). The molecule has 7 nitrogen and oxygen atoms in total. The number of hydrogen-bond acceptors (Lipinski definition) is 7. The van der Waals surface area contributed by atoms with Gasteiger partial charge in [0, 0.05) is 36.5 Å². The van der Waals surface area contributed by atoms with Crippen molar-refractivity contribution in [2.24, 2.45) is 10.9 Å². The second-order valence-electron chi connectivity index (χ2n) is 10.5. The van der Waals surface area contributed by atoms with Crippen LogP contribution in [-0.2, 0) is 16.8 Å². The SMILES string of the molecule is NC1(C(=O)Nc2nc(Cc3ccc(-c4ccncc4)cc3)cs2)CC2(N=O)c3ccccc3C1c1ccccc12. The van der Waals surface area contributed by atoms with Crippen molar-refractivity contribution in [2.75, 3.05) is 5.32 Å². The summed E-state index contributed by atoms with van der Waals surface area (Å²) in [4.78, 5) is 35.2. The normalized spacial score (nSPS) is 22.3. The van der Waals surface area contributed by atoms with E-state index in [0.29, 0.717) is 11.6 Å². The average molecular weight is 544 g/mol. The Morgan fingerprint density at radius 1 is 0.925 bits per heavy atom. The number of fused-ring (bicyclic) bond motifs is 1. The number of rotatable bonds is 6. The Morgan fingerprint density at radius 2 is 1.55 bits per heavy atom. The number of hydrogen-bond donors (Lipinski definition) is 2. The summed E-state index contributed by atoms with van der Waals surface area (Å²) < 4.78 is 0. The lowest BCUT2D eigenvalue weighted by molar-refractivity contribution is -0.123. The van der Waals surface area contributed by atoms with E-state index < -0.39 is 17.0 Å². The van der Waals surface area contributed by atoms with Gasteiger partial charge >= 0.3 is 0 Å². The molecule has 5 aromatic rings. The Morgan fingerprint density at radius 3 is 2.20 bits per heavy atom. The van der Waals surface area contributed by atoms with Gasteiger partial charge in [-0.3, -0.25) is 9.78 Å². The fourth-order valence-corrected chi connectivity index (χ4v) is 7.11. The summed E-state index contributed by atoms with van der Waals surface area (Å²) in [6, 6.07) is 27.7. The number of benzene rings is 3. The third-order valence-electron chi connectivity index (χ3n) is 8.20. The van der Waals surface area contributed by atoms with E-state index in [0.717, 1.165) is 44.6 Å². The Hall–Kier alpha value is -4.53. The van der Waals surface area contributed by atoms with E-state index in [9.17, 15) is 9.70 Å². The van der Waals surface area contributed by atoms with Crippen LogP contribution in [0.5, 0.6) is 0 Å². The van der Waals surface area contributed by atoms with Crippen molar-refractivity contribution in [3.8, 4) is 11.1 Å². The van der Waals surface area contributed by atoms with Crippen LogP contribution in [0.2, 0.25) is 0 Å². The first-order chi connectivity index (χ1) is 19.5. The Labute approximate surface area is 235 Å². The molecule has 0 aliphatic heterocycles. The van der Waals surface area contributed by atoms with Crippen LogP contribution in [0.25, 0.3) is 11.1 Å². The van der Waals surface area contributed by atoms with E-state index >= 15 is 0 Å². The maximum atomic E-state index is 13.9. The van der Waals surface area contributed by atoms with Crippen molar-refractivity contribution in [1.29, 1.82) is 0 Å². The summed E-state index contributed by atoms with van der Waals surface area (Å²) in [5.74, 6) is -0.765. The van der Waals surface area contributed by atoms with Crippen molar-refractivity contribution in [3.05, 3.63) is 141 Å². The van der Waals surface area contributed by atoms with Gasteiger partial charge in [0.25, 0.3) is 0 Å². The van der Waals surface area contributed by atoms with E-state index in [1.807, 2.05) is 66.0 Å². The van der Waals surface area contributed by atoms with Gasteiger partial charge in [0.05, 0.1) is 5.69 Å². The Bertz CT molecular complexity index is 1700. The van der Waals surface area contributed by atoms with E-state index in [-0.39, 0.29) is 12.3 Å². The Balaban J connectivity index is 1.14. The van der Waals surface area contributed by atoms with Gasteiger partial charge in [0.1, 0.15) is 5.54 Å². The number of anilines is 1. The van der Waals surface area contributed by atoms with E-state index in [4.69, 9.17) is 5.73 Å². The average Bonchev–Trinajstić information content (AvgIpc) is 3.44. The van der Waals surface area contributed by atoms with Crippen LogP contribution in [0, 0.1) is 4.91 Å².